The number of halogens is 1. The zero-order chi connectivity index (χ0) is 14.5. The molecule has 4 heteroatoms. The van der Waals surface area contributed by atoms with Crippen LogP contribution in [0, 0.1) is 5.92 Å². The van der Waals surface area contributed by atoms with Crippen LogP contribution in [-0.4, -0.2) is 42.8 Å². The summed E-state index contributed by atoms with van der Waals surface area (Å²) in [6.07, 6.45) is 1.98. The third-order valence-corrected chi connectivity index (χ3v) is 4.56. The Labute approximate surface area is 126 Å². The highest BCUT2D eigenvalue weighted by molar-refractivity contribution is 6.30. The van der Waals surface area contributed by atoms with Crippen LogP contribution >= 0.6 is 11.6 Å². The predicted octanol–water partition coefficient (Wildman–Crippen LogP) is 2.69. The predicted molar refractivity (Wildman–Crippen MR) is 84.1 cm³/mol. The zero-order valence-electron chi connectivity index (χ0n) is 12.3. The standard InChI is InChI=1S/C16H25ClN2O/c1-12(20)14-6-8-19(11-14)9-7-16(18-2)13-4-3-5-15(17)10-13/h3-5,10,12,14,16,18,20H,6-9,11H2,1-2H3. The first-order valence-electron chi connectivity index (χ1n) is 7.43. The van der Waals surface area contributed by atoms with Crippen LogP contribution < -0.4 is 5.32 Å². The number of aliphatic hydroxyl groups is 1. The topological polar surface area (TPSA) is 35.5 Å². The second kappa shape index (κ2) is 7.41. The number of benzene rings is 1. The SMILES string of the molecule is CNC(CCN1CCC(C(C)O)C1)c1cccc(Cl)c1. The van der Waals surface area contributed by atoms with Gasteiger partial charge in [-0.15, -0.1) is 0 Å². The molecule has 1 saturated heterocycles. The molecule has 1 aromatic carbocycles. The lowest BCUT2D eigenvalue weighted by Gasteiger charge is -2.22. The lowest BCUT2D eigenvalue weighted by atomic mass is 10.0. The molecular formula is C16H25ClN2O. The van der Waals surface area contributed by atoms with Crippen molar-refractivity contribution in [3.63, 3.8) is 0 Å². The fraction of sp³-hybridized carbons (Fsp3) is 0.625. The number of aliphatic hydroxyl groups excluding tert-OH is 1. The summed E-state index contributed by atoms with van der Waals surface area (Å²) >= 11 is 6.06. The van der Waals surface area contributed by atoms with Gasteiger partial charge in [0.15, 0.2) is 0 Å². The number of rotatable bonds is 6. The van der Waals surface area contributed by atoms with Gasteiger partial charge in [0, 0.05) is 17.6 Å². The van der Waals surface area contributed by atoms with E-state index in [0.29, 0.717) is 12.0 Å². The molecule has 112 valence electrons. The normalized spacial score (nSPS) is 22.9. The van der Waals surface area contributed by atoms with Crippen molar-refractivity contribution in [2.75, 3.05) is 26.7 Å². The molecule has 2 N–H and O–H groups in total. The van der Waals surface area contributed by atoms with Crippen LogP contribution in [0.25, 0.3) is 0 Å². The lowest BCUT2D eigenvalue weighted by molar-refractivity contribution is 0.127. The number of likely N-dealkylation sites (tertiary alicyclic amines) is 1. The maximum atomic E-state index is 9.65. The molecule has 1 heterocycles. The van der Waals surface area contributed by atoms with Crippen molar-refractivity contribution in [3.05, 3.63) is 34.9 Å². The van der Waals surface area contributed by atoms with Crippen LogP contribution in [0.1, 0.15) is 31.4 Å². The minimum Gasteiger partial charge on any atom is -0.393 e. The molecule has 3 unspecified atom stereocenters. The summed E-state index contributed by atoms with van der Waals surface area (Å²) in [5.41, 5.74) is 1.24. The van der Waals surface area contributed by atoms with Crippen LogP contribution in [0.4, 0.5) is 0 Å². The van der Waals surface area contributed by atoms with E-state index >= 15 is 0 Å². The van der Waals surface area contributed by atoms with Gasteiger partial charge in [-0.25, -0.2) is 0 Å². The van der Waals surface area contributed by atoms with Crippen LogP contribution in [0.5, 0.6) is 0 Å². The average Bonchev–Trinajstić information content (AvgIpc) is 2.88. The van der Waals surface area contributed by atoms with Crippen molar-refractivity contribution in [3.8, 4) is 0 Å². The van der Waals surface area contributed by atoms with Gasteiger partial charge in [0.05, 0.1) is 6.10 Å². The van der Waals surface area contributed by atoms with E-state index in [1.807, 2.05) is 32.2 Å². The molecule has 0 spiro atoms. The molecule has 0 amide bonds. The average molecular weight is 297 g/mol. The molecule has 1 aromatic rings. The minimum absolute atomic E-state index is 0.187. The number of hydrogen-bond donors (Lipinski definition) is 2. The van der Waals surface area contributed by atoms with E-state index in [1.54, 1.807) is 0 Å². The Morgan fingerprint density at radius 1 is 1.50 bits per heavy atom. The quantitative estimate of drug-likeness (QED) is 0.847. The van der Waals surface area contributed by atoms with Gasteiger partial charge in [0.25, 0.3) is 0 Å². The van der Waals surface area contributed by atoms with Gasteiger partial charge < -0.3 is 15.3 Å². The smallest absolute Gasteiger partial charge is 0.0552 e. The van der Waals surface area contributed by atoms with E-state index in [1.165, 1.54) is 5.56 Å². The van der Waals surface area contributed by atoms with Gasteiger partial charge >= 0.3 is 0 Å². The van der Waals surface area contributed by atoms with Gasteiger partial charge in [-0.1, -0.05) is 23.7 Å². The number of nitrogens with one attached hydrogen (secondary N) is 1. The maximum absolute atomic E-state index is 9.65. The molecule has 0 bridgehead atoms. The highest BCUT2D eigenvalue weighted by atomic mass is 35.5. The summed E-state index contributed by atoms with van der Waals surface area (Å²) in [4.78, 5) is 2.45. The lowest BCUT2D eigenvalue weighted by Crippen LogP contribution is -2.28. The largest absolute Gasteiger partial charge is 0.393 e. The van der Waals surface area contributed by atoms with Crippen LogP contribution in [0.2, 0.25) is 5.02 Å². The molecule has 0 saturated carbocycles. The molecule has 1 fully saturated rings. The minimum atomic E-state index is -0.187. The van der Waals surface area contributed by atoms with Crippen molar-refractivity contribution < 1.29 is 5.11 Å². The molecule has 20 heavy (non-hydrogen) atoms. The Balaban J connectivity index is 1.86. The van der Waals surface area contributed by atoms with Crippen molar-refractivity contribution in [2.45, 2.75) is 31.9 Å². The van der Waals surface area contributed by atoms with Gasteiger partial charge in [-0.05, 0) is 63.5 Å². The van der Waals surface area contributed by atoms with Crippen molar-refractivity contribution in [1.82, 2.24) is 10.2 Å². The Morgan fingerprint density at radius 3 is 2.90 bits per heavy atom. The van der Waals surface area contributed by atoms with E-state index in [2.05, 4.69) is 16.3 Å². The molecular weight excluding hydrogens is 272 g/mol. The Morgan fingerprint density at radius 2 is 2.30 bits per heavy atom. The fourth-order valence-corrected chi connectivity index (χ4v) is 3.17. The molecule has 0 aliphatic carbocycles. The molecule has 1 aliphatic rings. The second-order valence-corrected chi connectivity index (χ2v) is 6.21. The summed E-state index contributed by atoms with van der Waals surface area (Å²) in [6.45, 7) is 5.07. The monoisotopic (exact) mass is 296 g/mol. The van der Waals surface area contributed by atoms with Gasteiger partial charge in [0.1, 0.15) is 0 Å². The third kappa shape index (κ3) is 4.19. The number of nitrogens with zero attached hydrogens (tertiary/aromatic N) is 1. The Hall–Kier alpha value is -0.610. The highest BCUT2D eigenvalue weighted by Crippen LogP contribution is 2.23. The summed E-state index contributed by atoms with van der Waals surface area (Å²) < 4.78 is 0. The highest BCUT2D eigenvalue weighted by Gasteiger charge is 2.26. The van der Waals surface area contributed by atoms with Crippen molar-refractivity contribution >= 4 is 11.6 Å². The third-order valence-electron chi connectivity index (χ3n) is 4.32. The molecule has 0 aromatic heterocycles. The van der Waals surface area contributed by atoms with Crippen molar-refractivity contribution in [1.29, 1.82) is 0 Å². The van der Waals surface area contributed by atoms with Crippen molar-refractivity contribution in [2.24, 2.45) is 5.92 Å². The van der Waals surface area contributed by atoms with E-state index in [4.69, 9.17) is 11.6 Å². The summed E-state index contributed by atoms with van der Waals surface area (Å²) in [7, 11) is 1.99. The molecule has 1 aliphatic heterocycles. The molecule has 0 radical (unpaired) electrons. The van der Waals surface area contributed by atoms with E-state index in [9.17, 15) is 5.11 Å². The number of hydrogen-bond acceptors (Lipinski definition) is 3. The summed E-state index contributed by atoms with van der Waals surface area (Å²) in [6, 6.07) is 8.40. The maximum Gasteiger partial charge on any atom is 0.0552 e. The van der Waals surface area contributed by atoms with Gasteiger partial charge in [0.2, 0.25) is 0 Å². The summed E-state index contributed by atoms with van der Waals surface area (Å²) in [5, 5.41) is 13.8. The first-order valence-corrected chi connectivity index (χ1v) is 7.81. The first kappa shape index (κ1) is 15.8. The fourth-order valence-electron chi connectivity index (χ4n) is 2.97. The zero-order valence-corrected chi connectivity index (χ0v) is 13.1. The van der Waals surface area contributed by atoms with Crippen LogP contribution in [-0.2, 0) is 0 Å². The molecule has 3 atom stereocenters. The first-order chi connectivity index (χ1) is 9.60. The van der Waals surface area contributed by atoms with E-state index in [-0.39, 0.29) is 6.10 Å². The Kier molecular flexibility index (Phi) is 5.85. The van der Waals surface area contributed by atoms with E-state index < -0.39 is 0 Å². The Bertz CT molecular complexity index is 425. The second-order valence-electron chi connectivity index (χ2n) is 5.77. The van der Waals surface area contributed by atoms with Gasteiger partial charge in [-0.3, -0.25) is 0 Å². The molecule has 3 nitrogen and oxygen atoms in total. The summed E-state index contributed by atoms with van der Waals surface area (Å²) in [5.74, 6) is 0.439. The van der Waals surface area contributed by atoms with Gasteiger partial charge in [-0.2, -0.15) is 0 Å². The van der Waals surface area contributed by atoms with Crippen LogP contribution in [0.3, 0.4) is 0 Å². The molecule has 2 rings (SSSR count). The van der Waals surface area contributed by atoms with E-state index in [0.717, 1.165) is 37.5 Å². The van der Waals surface area contributed by atoms with Crippen LogP contribution in [0.15, 0.2) is 24.3 Å².